The molecule has 0 unspecified atom stereocenters. The fourth-order valence-electron chi connectivity index (χ4n) is 1.44. The third-order valence-electron chi connectivity index (χ3n) is 2.59. The van der Waals surface area contributed by atoms with Crippen molar-refractivity contribution in [2.75, 3.05) is 6.61 Å². The van der Waals surface area contributed by atoms with Crippen LogP contribution >= 0.6 is 0 Å². The summed E-state index contributed by atoms with van der Waals surface area (Å²) in [4.78, 5) is 0. The first-order valence-electron chi connectivity index (χ1n) is 5.33. The van der Waals surface area contributed by atoms with Gasteiger partial charge < -0.3 is 10.4 Å². The molecule has 0 aliphatic heterocycles. The molecular weight excluding hydrogens is 212 g/mol. The van der Waals surface area contributed by atoms with E-state index in [0.29, 0.717) is 0 Å². The van der Waals surface area contributed by atoms with Gasteiger partial charge in [0, 0.05) is 18.2 Å². The highest BCUT2D eigenvalue weighted by Gasteiger charge is 2.13. The number of aliphatic hydroxyl groups is 1. The number of aliphatic hydroxyl groups excluding tert-OH is 1. The molecule has 4 heteroatoms. The Labute approximate surface area is 94.3 Å². The third kappa shape index (κ3) is 3.25. The van der Waals surface area contributed by atoms with Crippen molar-refractivity contribution in [1.82, 2.24) is 5.32 Å². The number of hydrogen-bond donors (Lipinski definition) is 2. The Bertz CT molecular complexity index is 342. The Hall–Kier alpha value is -1.00. The second kappa shape index (κ2) is 5.92. The molecule has 0 heterocycles. The van der Waals surface area contributed by atoms with Crippen molar-refractivity contribution in [3.63, 3.8) is 0 Å². The first kappa shape index (κ1) is 13.1. The Morgan fingerprint density at radius 2 is 2.00 bits per heavy atom. The molecule has 2 nitrogen and oxygen atoms in total. The van der Waals surface area contributed by atoms with Crippen LogP contribution in [-0.2, 0) is 6.54 Å². The van der Waals surface area contributed by atoms with E-state index in [1.54, 1.807) is 0 Å². The first-order valence-corrected chi connectivity index (χ1v) is 5.33. The summed E-state index contributed by atoms with van der Waals surface area (Å²) in [5.41, 5.74) is 0.277. The summed E-state index contributed by atoms with van der Waals surface area (Å²) in [5.74, 6) is -1.43. The average Bonchev–Trinajstić information content (AvgIpc) is 2.24. The molecule has 0 fully saturated rings. The number of hydrogen-bond acceptors (Lipinski definition) is 2. The van der Waals surface area contributed by atoms with Crippen molar-refractivity contribution in [3.8, 4) is 0 Å². The molecule has 0 saturated heterocycles. The largest absolute Gasteiger partial charge is 0.395 e. The van der Waals surface area contributed by atoms with Crippen LogP contribution in [0.3, 0.4) is 0 Å². The van der Waals surface area contributed by atoms with Crippen LogP contribution in [-0.4, -0.2) is 17.8 Å². The van der Waals surface area contributed by atoms with Gasteiger partial charge in [0.15, 0.2) is 11.6 Å². The average molecular weight is 229 g/mol. The van der Waals surface area contributed by atoms with Crippen molar-refractivity contribution >= 4 is 0 Å². The number of benzene rings is 1. The van der Waals surface area contributed by atoms with Crippen LogP contribution in [0.5, 0.6) is 0 Å². The summed E-state index contributed by atoms with van der Waals surface area (Å²) in [6, 6.07) is 3.98. The molecule has 0 bridgehead atoms. The second-order valence-corrected chi connectivity index (χ2v) is 4.13. The zero-order valence-corrected chi connectivity index (χ0v) is 9.50. The van der Waals surface area contributed by atoms with Gasteiger partial charge in [-0.2, -0.15) is 0 Å². The lowest BCUT2D eigenvalue weighted by molar-refractivity contribution is 0.209. The van der Waals surface area contributed by atoms with Crippen molar-refractivity contribution in [2.24, 2.45) is 5.92 Å². The van der Waals surface area contributed by atoms with E-state index in [2.05, 4.69) is 5.32 Å². The number of nitrogens with one attached hydrogen (secondary N) is 1. The fourth-order valence-corrected chi connectivity index (χ4v) is 1.44. The molecular formula is C12H17F2NO. The zero-order chi connectivity index (χ0) is 12.1. The second-order valence-electron chi connectivity index (χ2n) is 4.13. The summed E-state index contributed by atoms with van der Waals surface area (Å²) < 4.78 is 26.2. The van der Waals surface area contributed by atoms with Gasteiger partial charge in [-0.15, -0.1) is 0 Å². The predicted molar refractivity (Wildman–Crippen MR) is 58.9 cm³/mol. The van der Waals surface area contributed by atoms with Crippen molar-refractivity contribution in [3.05, 3.63) is 35.4 Å². The maximum atomic E-state index is 13.3. The molecule has 0 amide bonds. The van der Waals surface area contributed by atoms with Gasteiger partial charge in [0.2, 0.25) is 0 Å². The van der Waals surface area contributed by atoms with Gasteiger partial charge in [0.25, 0.3) is 0 Å². The fraction of sp³-hybridized carbons (Fsp3) is 0.500. The third-order valence-corrected chi connectivity index (χ3v) is 2.59. The van der Waals surface area contributed by atoms with Crippen LogP contribution in [0.25, 0.3) is 0 Å². The van der Waals surface area contributed by atoms with Crippen LogP contribution in [0.2, 0.25) is 0 Å². The molecule has 16 heavy (non-hydrogen) atoms. The number of halogens is 2. The van der Waals surface area contributed by atoms with Crippen molar-refractivity contribution in [1.29, 1.82) is 0 Å². The van der Waals surface area contributed by atoms with E-state index in [4.69, 9.17) is 5.11 Å². The smallest absolute Gasteiger partial charge is 0.163 e. The van der Waals surface area contributed by atoms with Gasteiger partial charge in [0.1, 0.15) is 0 Å². The topological polar surface area (TPSA) is 32.3 Å². The van der Waals surface area contributed by atoms with Crippen molar-refractivity contribution < 1.29 is 13.9 Å². The molecule has 0 spiro atoms. The zero-order valence-electron chi connectivity index (χ0n) is 9.50. The minimum Gasteiger partial charge on any atom is -0.395 e. The standard InChI is InChI=1S/C12H17F2NO/c1-8(2)11(7-16)15-6-9-4-3-5-10(13)12(9)14/h3-5,8,11,15-16H,6-7H2,1-2H3/t11-/m1/s1. The summed E-state index contributed by atoms with van der Waals surface area (Å²) in [5, 5.41) is 12.1. The molecule has 2 N–H and O–H groups in total. The Kier molecular flexibility index (Phi) is 4.83. The van der Waals surface area contributed by atoms with Gasteiger partial charge in [0.05, 0.1) is 6.61 Å². The molecule has 0 aliphatic rings. The van der Waals surface area contributed by atoms with Crippen LogP contribution in [0.1, 0.15) is 19.4 Å². The highest BCUT2D eigenvalue weighted by Crippen LogP contribution is 2.11. The van der Waals surface area contributed by atoms with Crippen LogP contribution in [0.4, 0.5) is 8.78 Å². The molecule has 0 aromatic heterocycles. The molecule has 0 saturated carbocycles. The molecule has 1 aromatic rings. The van der Waals surface area contributed by atoms with Gasteiger partial charge in [-0.3, -0.25) is 0 Å². The minimum atomic E-state index is -0.843. The normalized spacial score (nSPS) is 13.1. The highest BCUT2D eigenvalue weighted by molar-refractivity contribution is 5.18. The Balaban J connectivity index is 2.64. The van der Waals surface area contributed by atoms with E-state index >= 15 is 0 Å². The molecule has 0 radical (unpaired) electrons. The maximum absolute atomic E-state index is 13.3. The summed E-state index contributed by atoms with van der Waals surface area (Å²) in [6.45, 7) is 4.10. The van der Waals surface area contributed by atoms with Crippen molar-refractivity contribution in [2.45, 2.75) is 26.4 Å². The Morgan fingerprint density at radius 1 is 1.31 bits per heavy atom. The molecule has 1 rings (SSSR count). The van der Waals surface area contributed by atoms with E-state index in [1.807, 2.05) is 13.8 Å². The minimum absolute atomic E-state index is 0.0192. The lowest BCUT2D eigenvalue weighted by Crippen LogP contribution is -2.36. The number of rotatable bonds is 5. The predicted octanol–water partition coefficient (Wildman–Crippen LogP) is 2.07. The molecule has 1 atom stereocenters. The molecule has 1 aromatic carbocycles. The van der Waals surface area contributed by atoms with E-state index < -0.39 is 11.6 Å². The lowest BCUT2D eigenvalue weighted by Gasteiger charge is -2.20. The first-order chi connectivity index (χ1) is 7.56. The molecule has 90 valence electrons. The van der Waals surface area contributed by atoms with Gasteiger partial charge in [-0.25, -0.2) is 8.78 Å². The lowest BCUT2D eigenvalue weighted by atomic mass is 10.0. The maximum Gasteiger partial charge on any atom is 0.163 e. The van der Waals surface area contributed by atoms with E-state index in [1.165, 1.54) is 12.1 Å². The quantitative estimate of drug-likeness (QED) is 0.810. The highest BCUT2D eigenvalue weighted by atomic mass is 19.2. The van der Waals surface area contributed by atoms with Crippen LogP contribution < -0.4 is 5.32 Å². The van der Waals surface area contributed by atoms with Crippen LogP contribution in [0.15, 0.2) is 18.2 Å². The van der Waals surface area contributed by atoms with E-state index in [0.717, 1.165) is 6.07 Å². The van der Waals surface area contributed by atoms with Gasteiger partial charge >= 0.3 is 0 Å². The van der Waals surface area contributed by atoms with E-state index in [9.17, 15) is 8.78 Å². The summed E-state index contributed by atoms with van der Waals surface area (Å²) in [7, 11) is 0. The summed E-state index contributed by atoms with van der Waals surface area (Å²) >= 11 is 0. The van der Waals surface area contributed by atoms with E-state index in [-0.39, 0.29) is 30.7 Å². The molecule has 0 aliphatic carbocycles. The van der Waals surface area contributed by atoms with Gasteiger partial charge in [-0.05, 0) is 12.0 Å². The van der Waals surface area contributed by atoms with Gasteiger partial charge in [-0.1, -0.05) is 26.0 Å². The SMILES string of the molecule is CC(C)[C@@H](CO)NCc1cccc(F)c1F. The monoisotopic (exact) mass is 229 g/mol. The Morgan fingerprint density at radius 3 is 2.56 bits per heavy atom. The van der Waals surface area contributed by atoms with Crippen LogP contribution in [0, 0.1) is 17.6 Å². The summed E-state index contributed by atoms with van der Waals surface area (Å²) in [6.07, 6.45) is 0.